The smallest absolute Gasteiger partial charge is 0.0388 e. The van der Waals surface area contributed by atoms with Gasteiger partial charge in [0.05, 0.1) is 0 Å². The van der Waals surface area contributed by atoms with Gasteiger partial charge in [-0.2, -0.15) is 0 Å². The average molecular weight is 207 g/mol. The maximum atomic E-state index is 3.44. The second-order valence-electron chi connectivity index (χ2n) is 4.54. The molecule has 0 saturated carbocycles. The van der Waals surface area contributed by atoms with Crippen molar-refractivity contribution in [2.45, 2.75) is 24.8 Å². The summed E-state index contributed by atoms with van der Waals surface area (Å²) in [7, 11) is 2.05. The minimum atomic E-state index is 0.341. The molecular formula is C12H17NS. The van der Waals surface area contributed by atoms with Crippen molar-refractivity contribution < 1.29 is 0 Å². The van der Waals surface area contributed by atoms with Crippen molar-refractivity contribution in [2.75, 3.05) is 12.8 Å². The van der Waals surface area contributed by atoms with Crippen LogP contribution in [0, 0.1) is 5.41 Å². The molecule has 1 aromatic carbocycles. The molecule has 1 unspecified atom stereocenters. The summed E-state index contributed by atoms with van der Waals surface area (Å²) in [6.45, 7) is 4.66. The van der Waals surface area contributed by atoms with Gasteiger partial charge in [0.1, 0.15) is 0 Å². The number of nitrogens with one attached hydrogen (secondary N) is 1. The molecule has 14 heavy (non-hydrogen) atoms. The number of hydrogen-bond acceptors (Lipinski definition) is 2. The van der Waals surface area contributed by atoms with E-state index in [2.05, 4.69) is 50.5 Å². The predicted molar refractivity (Wildman–Crippen MR) is 62.7 cm³/mol. The third kappa shape index (κ3) is 1.57. The van der Waals surface area contributed by atoms with Crippen LogP contribution in [0.15, 0.2) is 29.2 Å². The third-order valence-electron chi connectivity index (χ3n) is 2.90. The summed E-state index contributed by atoms with van der Waals surface area (Å²) in [5.74, 6) is 1.19. The molecule has 0 saturated heterocycles. The van der Waals surface area contributed by atoms with E-state index in [9.17, 15) is 0 Å². The first kappa shape index (κ1) is 10.1. The van der Waals surface area contributed by atoms with E-state index >= 15 is 0 Å². The van der Waals surface area contributed by atoms with Crippen LogP contribution in [0.25, 0.3) is 0 Å². The quantitative estimate of drug-likeness (QED) is 0.759. The molecule has 0 aromatic heterocycles. The highest BCUT2D eigenvalue weighted by Gasteiger charge is 2.34. The van der Waals surface area contributed by atoms with Crippen LogP contribution in [0.5, 0.6) is 0 Å². The van der Waals surface area contributed by atoms with E-state index in [1.807, 2.05) is 11.8 Å². The second-order valence-corrected chi connectivity index (χ2v) is 5.55. The third-order valence-corrected chi connectivity index (χ3v) is 4.47. The summed E-state index contributed by atoms with van der Waals surface area (Å²) in [6, 6.07) is 9.20. The first-order valence-corrected chi connectivity index (χ1v) is 6.03. The lowest BCUT2D eigenvalue weighted by Gasteiger charge is -2.39. The topological polar surface area (TPSA) is 12.0 Å². The molecule has 76 valence electrons. The molecule has 1 heterocycles. The Kier molecular flexibility index (Phi) is 2.58. The van der Waals surface area contributed by atoms with Crippen molar-refractivity contribution in [3.05, 3.63) is 29.8 Å². The van der Waals surface area contributed by atoms with Crippen molar-refractivity contribution in [3.8, 4) is 0 Å². The zero-order chi connectivity index (χ0) is 10.2. The highest BCUT2D eigenvalue weighted by atomic mass is 32.2. The zero-order valence-electron chi connectivity index (χ0n) is 9.00. The fourth-order valence-corrected chi connectivity index (χ4v) is 3.39. The average Bonchev–Trinajstić information content (AvgIpc) is 2.17. The van der Waals surface area contributed by atoms with Gasteiger partial charge in [0.15, 0.2) is 0 Å². The van der Waals surface area contributed by atoms with Crippen LogP contribution in [0.1, 0.15) is 25.5 Å². The summed E-state index contributed by atoms with van der Waals surface area (Å²) in [5.41, 5.74) is 1.80. The summed E-state index contributed by atoms with van der Waals surface area (Å²) in [4.78, 5) is 1.44. The second kappa shape index (κ2) is 3.59. The zero-order valence-corrected chi connectivity index (χ0v) is 9.82. The summed E-state index contributed by atoms with van der Waals surface area (Å²) < 4.78 is 0. The first-order valence-electron chi connectivity index (χ1n) is 5.04. The molecular weight excluding hydrogens is 190 g/mol. The van der Waals surface area contributed by atoms with Gasteiger partial charge in [-0.25, -0.2) is 0 Å². The Bertz CT molecular complexity index is 333. The normalized spacial score (nSPS) is 24.4. The van der Waals surface area contributed by atoms with Gasteiger partial charge in [0, 0.05) is 16.7 Å². The number of rotatable bonds is 1. The van der Waals surface area contributed by atoms with Crippen LogP contribution in [0.3, 0.4) is 0 Å². The lowest BCUT2D eigenvalue weighted by molar-refractivity contribution is 0.286. The fraction of sp³-hybridized carbons (Fsp3) is 0.500. The number of benzene rings is 1. The molecule has 1 aromatic rings. The molecule has 1 aliphatic rings. The Balaban J connectivity index is 2.45. The molecule has 2 heteroatoms. The van der Waals surface area contributed by atoms with Gasteiger partial charge in [0.2, 0.25) is 0 Å². The SMILES string of the molecule is CNC1c2ccccc2SCC1(C)C. The predicted octanol–water partition coefficient (Wildman–Crippen LogP) is 3.08. The Labute approximate surface area is 90.3 Å². The monoisotopic (exact) mass is 207 g/mol. The van der Waals surface area contributed by atoms with Gasteiger partial charge in [-0.3, -0.25) is 0 Å². The van der Waals surface area contributed by atoms with Gasteiger partial charge in [-0.05, 0) is 24.1 Å². The van der Waals surface area contributed by atoms with Crippen LogP contribution >= 0.6 is 11.8 Å². The van der Waals surface area contributed by atoms with Crippen LogP contribution in [-0.4, -0.2) is 12.8 Å². The molecule has 1 N–H and O–H groups in total. The Morgan fingerprint density at radius 2 is 2.07 bits per heavy atom. The van der Waals surface area contributed by atoms with Gasteiger partial charge in [0.25, 0.3) is 0 Å². The van der Waals surface area contributed by atoms with Gasteiger partial charge < -0.3 is 5.32 Å². The highest BCUT2D eigenvalue weighted by molar-refractivity contribution is 7.99. The lowest BCUT2D eigenvalue weighted by atomic mass is 9.82. The largest absolute Gasteiger partial charge is 0.312 e. The molecule has 0 spiro atoms. The minimum Gasteiger partial charge on any atom is -0.312 e. The van der Waals surface area contributed by atoms with Crippen LogP contribution in [-0.2, 0) is 0 Å². The maximum Gasteiger partial charge on any atom is 0.0388 e. The van der Waals surface area contributed by atoms with E-state index in [1.165, 1.54) is 16.2 Å². The molecule has 1 aliphatic heterocycles. The number of thioether (sulfide) groups is 1. The lowest BCUT2D eigenvalue weighted by Crippen LogP contribution is -2.36. The van der Waals surface area contributed by atoms with E-state index in [4.69, 9.17) is 0 Å². The van der Waals surface area contributed by atoms with E-state index in [-0.39, 0.29) is 0 Å². The molecule has 0 bridgehead atoms. The molecule has 2 rings (SSSR count). The van der Waals surface area contributed by atoms with E-state index < -0.39 is 0 Å². The van der Waals surface area contributed by atoms with Crippen LogP contribution in [0.2, 0.25) is 0 Å². The first-order chi connectivity index (χ1) is 6.65. The Morgan fingerprint density at radius 1 is 1.36 bits per heavy atom. The van der Waals surface area contributed by atoms with Gasteiger partial charge in [-0.15, -0.1) is 11.8 Å². The number of hydrogen-bond donors (Lipinski definition) is 1. The van der Waals surface area contributed by atoms with Gasteiger partial charge in [-0.1, -0.05) is 32.0 Å². The molecule has 1 atom stereocenters. The van der Waals surface area contributed by atoms with Crippen LogP contribution < -0.4 is 5.32 Å². The standard InChI is InChI=1S/C12H17NS/c1-12(2)8-14-10-7-5-4-6-9(10)11(12)13-3/h4-7,11,13H,8H2,1-3H3. The summed E-state index contributed by atoms with van der Waals surface area (Å²) >= 11 is 1.97. The van der Waals surface area contributed by atoms with Crippen molar-refractivity contribution in [1.82, 2.24) is 5.32 Å². The maximum absolute atomic E-state index is 3.44. The van der Waals surface area contributed by atoms with Crippen molar-refractivity contribution in [1.29, 1.82) is 0 Å². The number of fused-ring (bicyclic) bond motifs is 1. The van der Waals surface area contributed by atoms with Crippen molar-refractivity contribution in [2.24, 2.45) is 5.41 Å². The van der Waals surface area contributed by atoms with E-state index in [0.29, 0.717) is 11.5 Å². The molecule has 0 radical (unpaired) electrons. The van der Waals surface area contributed by atoms with Crippen LogP contribution in [0.4, 0.5) is 0 Å². The van der Waals surface area contributed by atoms with E-state index in [1.54, 1.807) is 0 Å². The Morgan fingerprint density at radius 3 is 2.79 bits per heavy atom. The Hall–Kier alpha value is -0.470. The molecule has 0 fully saturated rings. The molecule has 0 aliphatic carbocycles. The summed E-state index contributed by atoms with van der Waals surface area (Å²) in [6.07, 6.45) is 0. The fourth-order valence-electron chi connectivity index (χ4n) is 2.16. The van der Waals surface area contributed by atoms with E-state index in [0.717, 1.165) is 0 Å². The minimum absolute atomic E-state index is 0.341. The highest BCUT2D eigenvalue weighted by Crippen LogP contribution is 2.46. The van der Waals surface area contributed by atoms with Gasteiger partial charge >= 0.3 is 0 Å². The van der Waals surface area contributed by atoms with Crippen molar-refractivity contribution >= 4 is 11.8 Å². The van der Waals surface area contributed by atoms with Crippen molar-refractivity contribution in [3.63, 3.8) is 0 Å². The molecule has 1 nitrogen and oxygen atoms in total. The molecule has 0 amide bonds. The summed E-state index contributed by atoms with van der Waals surface area (Å²) in [5, 5.41) is 3.44.